The number of nitrogens with zero attached hydrogens (tertiary/aromatic N) is 1. The number of nitrogens with one attached hydrogen (secondary N) is 1. The molecule has 0 amide bonds. The molecule has 6 N–H and O–H groups in total. The molecule has 0 aliphatic carbocycles. The number of nitro groups is 1. The highest BCUT2D eigenvalue weighted by atomic mass is 31.2. The summed E-state index contributed by atoms with van der Waals surface area (Å²) < 4.78 is 13.8. The van der Waals surface area contributed by atoms with Gasteiger partial charge in [-0.2, -0.15) is 0 Å². The lowest BCUT2D eigenvalue weighted by molar-refractivity contribution is -0.384. The Labute approximate surface area is 101 Å². The average molecular weight is 281 g/mol. The molecule has 0 atom stereocenters. The second kappa shape index (κ2) is 6.89. The molecule has 0 radical (unpaired) electrons. The first-order valence-electron chi connectivity index (χ1n) is 4.26. The predicted molar refractivity (Wildman–Crippen MR) is 61.7 cm³/mol. The van der Waals surface area contributed by atoms with Gasteiger partial charge in [0.2, 0.25) is 0 Å². The van der Waals surface area contributed by atoms with Gasteiger partial charge >= 0.3 is 7.82 Å². The van der Waals surface area contributed by atoms with E-state index in [-0.39, 0.29) is 5.69 Å². The van der Waals surface area contributed by atoms with E-state index in [4.69, 9.17) is 29.8 Å². The SMILES string of the molecule is COc1ccc([N+](=O)[O-])cc1NN.O=P(O)(O)O. The van der Waals surface area contributed by atoms with Crippen LogP contribution >= 0.6 is 7.82 Å². The van der Waals surface area contributed by atoms with Gasteiger partial charge in [0.1, 0.15) is 5.75 Å². The van der Waals surface area contributed by atoms with Crippen molar-refractivity contribution in [1.82, 2.24) is 0 Å². The smallest absolute Gasteiger partial charge is 0.466 e. The van der Waals surface area contributed by atoms with E-state index in [1.54, 1.807) is 0 Å². The molecule has 0 aliphatic heterocycles. The molecule has 0 aromatic heterocycles. The summed E-state index contributed by atoms with van der Waals surface area (Å²) in [6.07, 6.45) is 0. The molecule has 0 bridgehead atoms. The van der Waals surface area contributed by atoms with Crippen LogP contribution < -0.4 is 16.0 Å². The van der Waals surface area contributed by atoms with Crippen LogP contribution in [0.5, 0.6) is 5.75 Å². The first-order chi connectivity index (χ1) is 8.19. The predicted octanol–water partition coefficient (Wildman–Crippen LogP) is -0.0396. The minimum atomic E-state index is -4.64. The fourth-order valence-corrected chi connectivity index (χ4v) is 0.922. The summed E-state index contributed by atoms with van der Waals surface area (Å²) in [6.45, 7) is 0. The largest absolute Gasteiger partial charge is 0.495 e. The van der Waals surface area contributed by atoms with Crippen molar-refractivity contribution in [3.05, 3.63) is 28.3 Å². The van der Waals surface area contributed by atoms with Crippen LogP contribution in [-0.2, 0) is 4.57 Å². The monoisotopic (exact) mass is 281 g/mol. The van der Waals surface area contributed by atoms with Crippen molar-refractivity contribution in [1.29, 1.82) is 0 Å². The number of anilines is 1. The first-order valence-corrected chi connectivity index (χ1v) is 5.83. The number of nitro benzene ring substituents is 1. The van der Waals surface area contributed by atoms with Gasteiger partial charge in [-0.25, -0.2) is 4.57 Å². The number of non-ortho nitro benzene ring substituents is 1. The number of rotatable bonds is 3. The fraction of sp³-hybridized carbons (Fsp3) is 0.143. The van der Waals surface area contributed by atoms with Gasteiger partial charge < -0.3 is 24.8 Å². The van der Waals surface area contributed by atoms with E-state index in [0.29, 0.717) is 11.4 Å². The van der Waals surface area contributed by atoms with E-state index >= 15 is 0 Å². The van der Waals surface area contributed by atoms with Crippen LogP contribution in [0.25, 0.3) is 0 Å². The van der Waals surface area contributed by atoms with E-state index < -0.39 is 12.7 Å². The van der Waals surface area contributed by atoms with E-state index in [0.717, 1.165) is 0 Å². The number of ether oxygens (including phenoxy) is 1. The number of hydrazine groups is 1. The van der Waals surface area contributed by atoms with Gasteiger partial charge in [0.25, 0.3) is 5.69 Å². The molecule has 0 fully saturated rings. The van der Waals surface area contributed by atoms with Gasteiger partial charge in [-0.05, 0) is 6.07 Å². The van der Waals surface area contributed by atoms with Crippen molar-refractivity contribution in [3.63, 3.8) is 0 Å². The summed E-state index contributed by atoms with van der Waals surface area (Å²) in [4.78, 5) is 31.4. The van der Waals surface area contributed by atoms with E-state index in [9.17, 15) is 10.1 Å². The Bertz CT molecular complexity index is 452. The third kappa shape index (κ3) is 6.78. The summed E-state index contributed by atoms with van der Waals surface area (Å²) in [5.74, 6) is 5.61. The second-order valence-electron chi connectivity index (χ2n) is 2.80. The maximum Gasteiger partial charge on any atom is 0.466 e. The Hall–Kier alpha value is -1.71. The maximum absolute atomic E-state index is 10.4. The number of nitrogens with two attached hydrogens (primary N) is 1. The van der Waals surface area contributed by atoms with Crippen LogP contribution in [0.4, 0.5) is 11.4 Å². The number of hydrogen-bond acceptors (Lipinski definition) is 6. The Kier molecular flexibility index (Phi) is 6.23. The lowest BCUT2D eigenvalue weighted by atomic mass is 10.2. The zero-order valence-electron chi connectivity index (χ0n) is 9.18. The van der Waals surface area contributed by atoms with Crippen molar-refractivity contribution >= 4 is 19.2 Å². The molecule has 1 rings (SSSR count). The molecule has 11 heteroatoms. The van der Waals surface area contributed by atoms with Gasteiger partial charge in [0.05, 0.1) is 17.7 Å². The molecule has 0 aliphatic rings. The molecule has 102 valence electrons. The standard InChI is InChI=1S/C7H9N3O3.H3O4P/c1-13-7-3-2-5(10(11)12)4-6(7)9-8;1-5(2,3)4/h2-4,9H,8H2,1H3;(H3,1,2,3,4). The van der Waals surface area contributed by atoms with E-state index in [2.05, 4.69) is 5.43 Å². The van der Waals surface area contributed by atoms with Crippen LogP contribution in [0.2, 0.25) is 0 Å². The van der Waals surface area contributed by atoms with Gasteiger partial charge in [-0.3, -0.25) is 16.0 Å². The Morgan fingerprint density at radius 3 is 2.28 bits per heavy atom. The molecular formula is C7H12N3O7P. The quantitative estimate of drug-likeness (QED) is 0.221. The summed E-state index contributed by atoms with van der Waals surface area (Å²) in [5, 5.41) is 10.4. The molecule has 0 saturated heterocycles. The molecule has 1 aromatic carbocycles. The Morgan fingerprint density at radius 2 is 1.94 bits per heavy atom. The normalized spacial score (nSPS) is 10.1. The molecule has 0 heterocycles. The zero-order valence-corrected chi connectivity index (χ0v) is 10.1. The van der Waals surface area contributed by atoms with Crippen molar-refractivity contribution in [2.75, 3.05) is 12.5 Å². The number of phosphoric acid groups is 1. The molecule has 10 nitrogen and oxygen atoms in total. The number of methoxy groups -OCH3 is 1. The molecule has 1 aromatic rings. The van der Waals surface area contributed by atoms with Crippen molar-refractivity contribution in [2.45, 2.75) is 0 Å². The highest BCUT2D eigenvalue weighted by Gasteiger charge is 2.09. The molecule has 0 saturated carbocycles. The zero-order chi connectivity index (χ0) is 14.3. The third-order valence-corrected chi connectivity index (χ3v) is 1.55. The average Bonchev–Trinajstić information content (AvgIpc) is 2.25. The Balaban J connectivity index is 0.000000494. The van der Waals surface area contributed by atoms with Crippen LogP contribution in [0.3, 0.4) is 0 Å². The van der Waals surface area contributed by atoms with Crippen molar-refractivity contribution in [3.8, 4) is 5.75 Å². The summed E-state index contributed by atoms with van der Waals surface area (Å²) in [7, 11) is -3.18. The van der Waals surface area contributed by atoms with Crippen LogP contribution in [0.1, 0.15) is 0 Å². The van der Waals surface area contributed by atoms with Gasteiger partial charge in [-0.15, -0.1) is 0 Å². The van der Waals surface area contributed by atoms with Crippen molar-refractivity contribution < 1.29 is 28.9 Å². The highest BCUT2D eigenvalue weighted by Crippen LogP contribution is 2.27. The number of hydrogen-bond donors (Lipinski definition) is 5. The van der Waals surface area contributed by atoms with Gasteiger partial charge in [0.15, 0.2) is 0 Å². The summed E-state index contributed by atoms with van der Waals surface area (Å²) >= 11 is 0. The maximum atomic E-state index is 10.4. The van der Waals surface area contributed by atoms with Crippen LogP contribution in [0, 0.1) is 10.1 Å². The van der Waals surface area contributed by atoms with Gasteiger partial charge in [-0.1, -0.05) is 0 Å². The second-order valence-corrected chi connectivity index (χ2v) is 3.83. The Morgan fingerprint density at radius 1 is 1.44 bits per heavy atom. The molecule has 18 heavy (non-hydrogen) atoms. The van der Waals surface area contributed by atoms with E-state index in [1.807, 2.05) is 0 Å². The third-order valence-electron chi connectivity index (χ3n) is 1.55. The van der Waals surface area contributed by atoms with Gasteiger partial charge in [0, 0.05) is 12.1 Å². The number of nitrogen functional groups attached to an aromatic ring is 1. The lowest BCUT2D eigenvalue weighted by Gasteiger charge is -2.06. The topological polar surface area (TPSA) is 168 Å². The minimum Gasteiger partial charge on any atom is -0.495 e. The van der Waals surface area contributed by atoms with Crippen molar-refractivity contribution in [2.24, 2.45) is 5.84 Å². The first kappa shape index (κ1) is 16.3. The van der Waals surface area contributed by atoms with Crippen LogP contribution in [-0.4, -0.2) is 26.7 Å². The highest BCUT2D eigenvalue weighted by molar-refractivity contribution is 7.45. The molecular weight excluding hydrogens is 269 g/mol. The van der Waals surface area contributed by atoms with E-state index in [1.165, 1.54) is 25.3 Å². The fourth-order valence-electron chi connectivity index (χ4n) is 0.922. The lowest BCUT2D eigenvalue weighted by Crippen LogP contribution is -2.08. The molecule has 0 spiro atoms. The summed E-state index contributed by atoms with van der Waals surface area (Å²) in [5.41, 5.74) is 2.66. The van der Waals surface area contributed by atoms with Crippen LogP contribution in [0.15, 0.2) is 18.2 Å². The number of benzene rings is 1. The summed E-state index contributed by atoms with van der Waals surface area (Å²) in [6, 6.07) is 4.13. The minimum absolute atomic E-state index is 0.0336. The molecule has 0 unspecified atom stereocenters.